The van der Waals surface area contributed by atoms with E-state index in [0.717, 1.165) is 5.92 Å². The van der Waals surface area contributed by atoms with Crippen molar-refractivity contribution in [1.29, 1.82) is 0 Å². The fraction of sp³-hybridized carbons (Fsp3) is 1.00. The Hall–Kier alpha value is -0.0400. The molecular formula is C14H31N. The Morgan fingerprint density at radius 3 is 1.87 bits per heavy atom. The molecule has 92 valence electrons. The van der Waals surface area contributed by atoms with E-state index in [1.54, 1.807) is 0 Å². The fourth-order valence-corrected chi connectivity index (χ4v) is 2.62. The molecule has 0 fully saturated rings. The van der Waals surface area contributed by atoms with Gasteiger partial charge in [-0.25, -0.2) is 0 Å². The van der Waals surface area contributed by atoms with E-state index in [-0.39, 0.29) is 0 Å². The summed E-state index contributed by atoms with van der Waals surface area (Å²) in [5, 5.41) is 0. The molecule has 0 aromatic carbocycles. The van der Waals surface area contributed by atoms with Gasteiger partial charge in [0.25, 0.3) is 0 Å². The standard InChI is InChI=1S/C14H31N/c1-7-11-15(6)12-10-14(8-2,9-3)13(4)5/h13H,7-12H2,1-6H3. The molecule has 1 nitrogen and oxygen atoms in total. The number of hydrogen-bond donors (Lipinski definition) is 0. The molecule has 0 N–H and O–H groups in total. The molecule has 0 saturated heterocycles. The SMILES string of the molecule is CCCN(C)CCC(CC)(CC)C(C)C. The van der Waals surface area contributed by atoms with Gasteiger partial charge in [0, 0.05) is 0 Å². The molecule has 0 saturated carbocycles. The van der Waals surface area contributed by atoms with Crippen molar-refractivity contribution in [3.05, 3.63) is 0 Å². The molecule has 0 aromatic rings. The molecule has 1 heteroatoms. The molecule has 0 aliphatic rings. The van der Waals surface area contributed by atoms with E-state index >= 15 is 0 Å². The second-order valence-electron chi connectivity index (χ2n) is 5.28. The highest BCUT2D eigenvalue weighted by Gasteiger charge is 2.29. The van der Waals surface area contributed by atoms with Crippen LogP contribution in [0.1, 0.15) is 60.3 Å². The van der Waals surface area contributed by atoms with Crippen molar-refractivity contribution >= 4 is 0 Å². The quantitative estimate of drug-likeness (QED) is 0.584. The zero-order chi connectivity index (χ0) is 11.9. The van der Waals surface area contributed by atoms with Gasteiger partial charge in [-0.2, -0.15) is 0 Å². The van der Waals surface area contributed by atoms with E-state index in [9.17, 15) is 0 Å². The van der Waals surface area contributed by atoms with Gasteiger partial charge in [-0.3, -0.25) is 0 Å². The van der Waals surface area contributed by atoms with Crippen molar-refractivity contribution < 1.29 is 0 Å². The molecular weight excluding hydrogens is 182 g/mol. The van der Waals surface area contributed by atoms with E-state index in [1.807, 2.05) is 0 Å². The van der Waals surface area contributed by atoms with E-state index in [0.29, 0.717) is 5.41 Å². The maximum absolute atomic E-state index is 2.47. The lowest BCUT2D eigenvalue weighted by molar-refractivity contribution is 0.131. The summed E-state index contributed by atoms with van der Waals surface area (Å²) in [7, 11) is 2.25. The van der Waals surface area contributed by atoms with E-state index in [1.165, 1.54) is 38.8 Å². The summed E-state index contributed by atoms with van der Waals surface area (Å²) >= 11 is 0. The van der Waals surface area contributed by atoms with Crippen LogP contribution in [0.15, 0.2) is 0 Å². The third kappa shape index (κ3) is 4.55. The van der Waals surface area contributed by atoms with Gasteiger partial charge in [-0.1, -0.05) is 47.5 Å². The first-order chi connectivity index (χ1) is 7.02. The van der Waals surface area contributed by atoms with Gasteiger partial charge in [-0.15, -0.1) is 0 Å². The third-order valence-electron chi connectivity index (χ3n) is 4.23. The van der Waals surface area contributed by atoms with Gasteiger partial charge in [-0.05, 0) is 44.3 Å². The van der Waals surface area contributed by atoms with E-state index < -0.39 is 0 Å². The molecule has 0 heterocycles. The molecule has 0 aromatic heterocycles. The van der Waals surface area contributed by atoms with Crippen molar-refractivity contribution in [3.8, 4) is 0 Å². The average Bonchev–Trinajstić information content (AvgIpc) is 2.20. The van der Waals surface area contributed by atoms with Crippen LogP contribution in [-0.4, -0.2) is 25.0 Å². The maximum atomic E-state index is 2.47. The molecule has 0 spiro atoms. The molecule has 0 radical (unpaired) electrons. The van der Waals surface area contributed by atoms with Crippen LogP contribution in [-0.2, 0) is 0 Å². The van der Waals surface area contributed by atoms with Gasteiger partial charge >= 0.3 is 0 Å². The van der Waals surface area contributed by atoms with Crippen LogP contribution in [0.25, 0.3) is 0 Å². The lowest BCUT2D eigenvalue weighted by atomic mass is 9.70. The monoisotopic (exact) mass is 213 g/mol. The zero-order valence-corrected chi connectivity index (χ0v) is 11.8. The lowest BCUT2D eigenvalue weighted by Crippen LogP contribution is -2.32. The second-order valence-corrected chi connectivity index (χ2v) is 5.28. The smallest absolute Gasteiger partial charge is 0.00164 e. The molecule has 0 unspecified atom stereocenters. The Labute approximate surface area is 97.2 Å². The minimum Gasteiger partial charge on any atom is -0.306 e. The lowest BCUT2D eigenvalue weighted by Gasteiger charge is -2.37. The van der Waals surface area contributed by atoms with Crippen LogP contribution in [0.2, 0.25) is 0 Å². The molecule has 0 bridgehead atoms. The first-order valence-electron chi connectivity index (χ1n) is 6.71. The van der Waals surface area contributed by atoms with Crippen molar-refractivity contribution in [1.82, 2.24) is 4.90 Å². The van der Waals surface area contributed by atoms with E-state index in [2.05, 4.69) is 46.6 Å². The summed E-state index contributed by atoms with van der Waals surface area (Å²) < 4.78 is 0. The summed E-state index contributed by atoms with van der Waals surface area (Å²) in [6.07, 6.45) is 5.26. The predicted molar refractivity (Wildman–Crippen MR) is 70.3 cm³/mol. The summed E-state index contributed by atoms with van der Waals surface area (Å²) in [5.41, 5.74) is 0.571. The van der Waals surface area contributed by atoms with Crippen molar-refractivity contribution in [2.24, 2.45) is 11.3 Å². The normalized spacial score (nSPS) is 12.8. The van der Waals surface area contributed by atoms with Crippen LogP contribution >= 0.6 is 0 Å². The highest BCUT2D eigenvalue weighted by molar-refractivity contribution is 4.80. The van der Waals surface area contributed by atoms with Gasteiger partial charge in [0.2, 0.25) is 0 Å². The Morgan fingerprint density at radius 1 is 1.00 bits per heavy atom. The van der Waals surface area contributed by atoms with Crippen LogP contribution < -0.4 is 0 Å². The summed E-state index contributed by atoms with van der Waals surface area (Å²) in [4.78, 5) is 2.47. The van der Waals surface area contributed by atoms with Gasteiger partial charge in [0.15, 0.2) is 0 Å². The fourth-order valence-electron chi connectivity index (χ4n) is 2.62. The maximum Gasteiger partial charge on any atom is -0.00164 e. The summed E-state index contributed by atoms with van der Waals surface area (Å²) in [6.45, 7) is 14.2. The van der Waals surface area contributed by atoms with Gasteiger partial charge in [0.1, 0.15) is 0 Å². The minimum atomic E-state index is 0.571. The predicted octanol–water partition coefficient (Wildman–Crippen LogP) is 4.18. The molecule has 0 atom stereocenters. The van der Waals surface area contributed by atoms with Crippen LogP contribution in [0.3, 0.4) is 0 Å². The Kier molecular flexibility index (Phi) is 7.25. The van der Waals surface area contributed by atoms with Crippen molar-refractivity contribution in [2.45, 2.75) is 60.3 Å². The zero-order valence-electron chi connectivity index (χ0n) is 11.8. The van der Waals surface area contributed by atoms with Crippen molar-refractivity contribution in [3.63, 3.8) is 0 Å². The van der Waals surface area contributed by atoms with Gasteiger partial charge < -0.3 is 4.90 Å². The Morgan fingerprint density at radius 2 is 1.53 bits per heavy atom. The van der Waals surface area contributed by atoms with E-state index in [4.69, 9.17) is 0 Å². The van der Waals surface area contributed by atoms with Gasteiger partial charge in [0.05, 0.1) is 0 Å². The number of rotatable bonds is 8. The molecule has 0 rings (SSSR count). The highest BCUT2D eigenvalue weighted by atomic mass is 15.1. The Bertz CT molecular complexity index is 147. The average molecular weight is 213 g/mol. The Balaban J connectivity index is 4.17. The largest absolute Gasteiger partial charge is 0.306 e. The topological polar surface area (TPSA) is 3.24 Å². The van der Waals surface area contributed by atoms with Crippen LogP contribution in [0.4, 0.5) is 0 Å². The number of nitrogens with zero attached hydrogens (tertiary/aromatic N) is 1. The molecule has 0 aliphatic heterocycles. The summed E-state index contributed by atoms with van der Waals surface area (Å²) in [6, 6.07) is 0. The molecule has 0 aliphatic carbocycles. The second kappa shape index (κ2) is 7.27. The van der Waals surface area contributed by atoms with Crippen molar-refractivity contribution in [2.75, 3.05) is 20.1 Å². The number of hydrogen-bond acceptors (Lipinski definition) is 1. The minimum absolute atomic E-state index is 0.571. The first-order valence-corrected chi connectivity index (χ1v) is 6.71. The highest BCUT2D eigenvalue weighted by Crippen LogP contribution is 2.38. The third-order valence-corrected chi connectivity index (χ3v) is 4.23. The molecule has 0 amide bonds. The first kappa shape index (κ1) is 15.0. The summed E-state index contributed by atoms with van der Waals surface area (Å²) in [5.74, 6) is 0.808. The van der Waals surface area contributed by atoms with Crippen LogP contribution in [0.5, 0.6) is 0 Å². The van der Waals surface area contributed by atoms with Crippen LogP contribution in [0, 0.1) is 11.3 Å². The molecule has 15 heavy (non-hydrogen) atoms.